The largest absolute Gasteiger partial charge is 0.478 e. The number of rotatable bonds is 7. The molecule has 1 rings (SSSR count). The molecule has 0 saturated heterocycles. The first-order valence-corrected chi connectivity index (χ1v) is 6.31. The van der Waals surface area contributed by atoms with Crippen LogP contribution >= 0.6 is 0 Å². The second kappa shape index (κ2) is 6.33. The van der Waals surface area contributed by atoms with Gasteiger partial charge in [0.25, 0.3) is 5.69 Å². The molecule has 7 nitrogen and oxygen atoms in total. The number of nitrogens with zero attached hydrogens (tertiary/aromatic N) is 1. The van der Waals surface area contributed by atoms with Crippen LogP contribution in [-0.4, -0.2) is 33.3 Å². The normalized spacial score (nSPS) is 11.2. The van der Waals surface area contributed by atoms with Gasteiger partial charge in [-0.15, -0.1) is 0 Å². The van der Waals surface area contributed by atoms with Crippen LogP contribution in [0.3, 0.4) is 0 Å². The molecule has 0 spiro atoms. The molecule has 110 valence electrons. The standard InChI is InChI=1S/C13H18N2O5/c1-3-13(18,4-2)8-14-11-6-5-9(15(19)20)7-10(11)12(16)17/h5-7,14,18H,3-4,8H2,1-2H3,(H,16,17). The zero-order valence-electron chi connectivity index (χ0n) is 11.4. The van der Waals surface area contributed by atoms with Crippen LogP contribution in [0.15, 0.2) is 18.2 Å². The number of carboxylic acids is 1. The lowest BCUT2D eigenvalue weighted by molar-refractivity contribution is -0.384. The fourth-order valence-electron chi connectivity index (χ4n) is 1.74. The van der Waals surface area contributed by atoms with Gasteiger partial charge < -0.3 is 15.5 Å². The van der Waals surface area contributed by atoms with Crippen molar-refractivity contribution in [2.45, 2.75) is 32.3 Å². The van der Waals surface area contributed by atoms with E-state index in [1.54, 1.807) is 0 Å². The zero-order chi connectivity index (χ0) is 15.3. The summed E-state index contributed by atoms with van der Waals surface area (Å²) in [5, 5.41) is 32.7. The molecule has 20 heavy (non-hydrogen) atoms. The van der Waals surface area contributed by atoms with E-state index in [-0.39, 0.29) is 23.5 Å². The van der Waals surface area contributed by atoms with E-state index in [1.807, 2.05) is 13.8 Å². The molecule has 0 aliphatic carbocycles. The molecule has 0 radical (unpaired) electrons. The number of benzene rings is 1. The minimum Gasteiger partial charge on any atom is -0.478 e. The van der Waals surface area contributed by atoms with Gasteiger partial charge >= 0.3 is 5.97 Å². The Morgan fingerprint density at radius 1 is 1.40 bits per heavy atom. The van der Waals surface area contributed by atoms with Crippen molar-refractivity contribution >= 4 is 17.3 Å². The van der Waals surface area contributed by atoms with Gasteiger partial charge in [0.05, 0.1) is 16.1 Å². The van der Waals surface area contributed by atoms with E-state index in [1.165, 1.54) is 12.1 Å². The van der Waals surface area contributed by atoms with E-state index in [4.69, 9.17) is 5.11 Å². The highest BCUT2D eigenvalue weighted by molar-refractivity contribution is 5.95. The Hall–Kier alpha value is -2.15. The van der Waals surface area contributed by atoms with Crippen molar-refractivity contribution in [2.24, 2.45) is 0 Å². The van der Waals surface area contributed by atoms with Crippen LogP contribution in [-0.2, 0) is 0 Å². The topological polar surface area (TPSA) is 113 Å². The second-order valence-electron chi connectivity index (χ2n) is 4.58. The van der Waals surface area contributed by atoms with Crippen LogP contribution in [0.5, 0.6) is 0 Å². The quantitative estimate of drug-likeness (QED) is 0.522. The predicted octanol–water partition coefficient (Wildman–Crippen LogP) is 2.26. The number of hydrogen-bond acceptors (Lipinski definition) is 5. The monoisotopic (exact) mass is 282 g/mol. The van der Waals surface area contributed by atoms with Crippen molar-refractivity contribution in [1.82, 2.24) is 0 Å². The summed E-state index contributed by atoms with van der Waals surface area (Å²) >= 11 is 0. The number of nitro groups is 1. The van der Waals surface area contributed by atoms with Crippen molar-refractivity contribution in [1.29, 1.82) is 0 Å². The average molecular weight is 282 g/mol. The van der Waals surface area contributed by atoms with Gasteiger partial charge in [-0.2, -0.15) is 0 Å². The third-order valence-electron chi connectivity index (χ3n) is 3.37. The summed E-state index contributed by atoms with van der Waals surface area (Å²) < 4.78 is 0. The molecule has 0 heterocycles. The van der Waals surface area contributed by atoms with E-state index < -0.39 is 16.5 Å². The molecule has 1 aromatic rings. The van der Waals surface area contributed by atoms with Crippen molar-refractivity contribution in [3.8, 4) is 0 Å². The van der Waals surface area contributed by atoms with Crippen LogP contribution in [0.2, 0.25) is 0 Å². The highest BCUT2D eigenvalue weighted by Gasteiger charge is 2.23. The summed E-state index contributed by atoms with van der Waals surface area (Å²) in [6.45, 7) is 3.84. The lowest BCUT2D eigenvalue weighted by Gasteiger charge is -2.26. The van der Waals surface area contributed by atoms with Crippen molar-refractivity contribution in [3.63, 3.8) is 0 Å². The summed E-state index contributed by atoms with van der Waals surface area (Å²) in [6, 6.07) is 3.57. The van der Waals surface area contributed by atoms with E-state index in [0.29, 0.717) is 12.8 Å². The maximum Gasteiger partial charge on any atom is 0.338 e. The third-order valence-corrected chi connectivity index (χ3v) is 3.37. The average Bonchev–Trinajstić information content (AvgIpc) is 2.44. The molecule has 0 aliphatic rings. The van der Waals surface area contributed by atoms with E-state index in [0.717, 1.165) is 6.07 Å². The van der Waals surface area contributed by atoms with Gasteiger partial charge in [0.2, 0.25) is 0 Å². The number of anilines is 1. The SMILES string of the molecule is CCC(O)(CC)CNc1ccc([N+](=O)[O-])cc1C(=O)O. The Bertz CT molecular complexity index is 511. The lowest BCUT2D eigenvalue weighted by Crippen LogP contribution is -2.35. The number of aliphatic hydroxyl groups is 1. The van der Waals surface area contributed by atoms with Crippen LogP contribution in [0.1, 0.15) is 37.0 Å². The molecule has 0 fully saturated rings. The molecular weight excluding hydrogens is 264 g/mol. The van der Waals surface area contributed by atoms with Crippen LogP contribution < -0.4 is 5.32 Å². The van der Waals surface area contributed by atoms with Crippen LogP contribution in [0, 0.1) is 10.1 Å². The van der Waals surface area contributed by atoms with Crippen molar-refractivity contribution in [3.05, 3.63) is 33.9 Å². The molecule has 0 aromatic heterocycles. The molecule has 0 saturated carbocycles. The van der Waals surface area contributed by atoms with Gasteiger partial charge in [0, 0.05) is 24.4 Å². The number of non-ortho nitro benzene ring substituents is 1. The smallest absolute Gasteiger partial charge is 0.338 e. The zero-order valence-corrected chi connectivity index (χ0v) is 11.4. The summed E-state index contributed by atoms with van der Waals surface area (Å²) in [5.74, 6) is -1.26. The number of hydrogen-bond donors (Lipinski definition) is 3. The Balaban J connectivity index is 3.01. The number of carbonyl (C=O) groups is 1. The molecule has 3 N–H and O–H groups in total. The number of nitrogens with one attached hydrogen (secondary N) is 1. The minimum absolute atomic E-state index is 0.179. The van der Waals surface area contributed by atoms with Crippen LogP contribution in [0.25, 0.3) is 0 Å². The Morgan fingerprint density at radius 3 is 2.45 bits per heavy atom. The first-order valence-electron chi connectivity index (χ1n) is 6.31. The van der Waals surface area contributed by atoms with Gasteiger partial charge in [-0.05, 0) is 18.9 Å². The number of carboxylic acid groups (broad SMARTS) is 1. The Morgan fingerprint density at radius 2 is 2.00 bits per heavy atom. The van der Waals surface area contributed by atoms with Gasteiger partial charge in [-0.25, -0.2) is 4.79 Å². The molecule has 0 aliphatic heterocycles. The Kier molecular flexibility index (Phi) is 5.04. The maximum atomic E-state index is 11.1. The molecular formula is C13H18N2O5. The first kappa shape index (κ1) is 15.9. The van der Waals surface area contributed by atoms with Crippen molar-refractivity contribution < 1.29 is 19.9 Å². The molecule has 1 aromatic carbocycles. The third kappa shape index (κ3) is 3.67. The van der Waals surface area contributed by atoms with Gasteiger partial charge in [0.1, 0.15) is 0 Å². The summed E-state index contributed by atoms with van der Waals surface area (Å²) in [5.41, 5.74) is -1.15. The molecule has 0 unspecified atom stereocenters. The molecule has 0 amide bonds. The van der Waals surface area contributed by atoms with E-state index in [9.17, 15) is 20.0 Å². The first-order chi connectivity index (χ1) is 9.33. The molecule has 7 heteroatoms. The predicted molar refractivity (Wildman–Crippen MR) is 74.1 cm³/mol. The van der Waals surface area contributed by atoms with Gasteiger partial charge in [0.15, 0.2) is 0 Å². The summed E-state index contributed by atoms with van der Waals surface area (Å²) in [6.07, 6.45) is 1.04. The van der Waals surface area contributed by atoms with E-state index in [2.05, 4.69) is 5.32 Å². The second-order valence-corrected chi connectivity index (χ2v) is 4.58. The molecule has 0 bridgehead atoms. The molecule has 0 atom stereocenters. The summed E-state index contributed by atoms with van der Waals surface area (Å²) in [4.78, 5) is 21.1. The fraction of sp³-hybridized carbons (Fsp3) is 0.462. The minimum atomic E-state index is -1.26. The number of nitro benzene ring substituents is 1. The van der Waals surface area contributed by atoms with Crippen LogP contribution in [0.4, 0.5) is 11.4 Å². The highest BCUT2D eigenvalue weighted by Crippen LogP contribution is 2.24. The number of aromatic carboxylic acids is 1. The lowest BCUT2D eigenvalue weighted by atomic mass is 9.97. The van der Waals surface area contributed by atoms with Gasteiger partial charge in [-0.1, -0.05) is 13.8 Å². The maximum absolute atomic E-state index is 11.1. The van der Waals surface area contributed by atoms with Crippen molar-refractivity contribution in [2.75, 3.05) is 11.9 Å². The Labute approximate surface area is 116 Å². The highest BCUT2D eigenvalue weighted by atomic mass is 16.6. The fourth-order valence-corrected chi connectivity index (χ4v) is 1.74. The van der Waals surface area contributed by atoms with E-state index >= 15 is 0 Å². The van der Waals surface area contributed by atoms with Gasteiger partial charge in [-0.3, -0.25) is 10.1 Å². The summed E-state index contributed by atoms with van der Waals surface area (Å²) in [7, 11) is 0.